The van der Waals surface area contributed by atoms with Crippen molar-refractivity contribution in [2.24, 2.45) is 0 Å². The maximum Gasteiger partial charge on any atom is 0.341 e. The molecule has 0 aliphatic carbocycles. The van der Waals surface area contributed by atoms with E-state index in [4.69, 9.17) is 9.72 Å². The molecule has 0 radical (unpaired) electrons. The molecular formula is C24H24N4O3S2. The monoisotopic (exact) mass is 480 g/mol. The van der Waals surface area contributed by atoms with E-state index < -0.39 is 0 Å². The molecule has 9 heteroatoms. The molecule has 4 heterocycles. The van der Waals surface area contributed by atoms with Crippen LogP contribution in [0.5, 0.6) is 0 Å². The van der Waals surface area contributed by atoms with Crippen molar-refractivity contribution in [3.63, 3.8) is 0 Å². The van der Waals surface area contributed by atoms with Gasteiger partial charge < -0.3 is 15.0 Å². The number of esters is 1. The van der Waals surface area contributed by atoms with E-state index in [2.05, 4.69) is 17.3 Å². The van der Waals surface area contributed by atoms with Crippen molar-refractivity contribution in [1.82, 2.24) is 14.3 Å². The molecule has 1 aliphatic rings. The van der Waals surface area contributed by atoms with E-state index in [1.165, 1.54) is 22.7 Å². The second-order valence-corrected chi connectivity index (χ2v) is 10.1. The lowest BCUT2D eigenvalue weighted by atomic mass is 10.0. The van der Waals surface area contributed by atoms with Crippen LogP contribution in [0.2, 0.25) is 0 Å². The molecule has 170 valence electrons. The Bertz CT molecular complexity index is 1350. The number of benzene rings is 1. The number of aromatic nitrogens is 2. The van der Waals surface area contributed by atoms with Crippen LogP contribution in [0.1, 0.15) is 43.1 Å². The summed E-state index contributed by atoms with van der Waals surface area (Å²) in [4.78, 5) is 35.4. The smallest absolute Gasteiger partial charge is 0.341 e. The Morgan fingerprint density at radius 1 is 1.21 bits per heavy atom. The number of hydrogen-bond acceptors (Lipinski definition) is 7. The van der Waals surface area contributed by atoms with E-state index in [0.29, 0.717) is 22.0 Å². The summed E-state index contributed by atoms with van der Waals surface area (Å²) in [7, 11) is 2.06. The molecule has 0 bridgehead atoms. The lowest BCUT2D eigenvalue weighted by Crippen LogP contribution is -2.26. The molecule has 7 nitrogen and oxygen atoms in total. The number of ether oxygens (including phenoxy) is 1. The number of thiophene rings is 1. The van der Waals surface area contributed by atoms with Crippen LogP contribution < -0.4 is 5.32 Å². The lowest BCUT2D eigenvalue weighted by Gasteiger charge is -2.22. The van der Waals surface area contributed by atoms with Crippen molar-refractivity contribution in [3.8, 4) is 11.3 Å². The summed E-state index contributed by atoms with van der Waals surface area (Å²) in [5.74, 6) is -0.609. The van der Waals surface area contributed by atoms with Crippen LogP contribution in [0.4, 0.5) is 5.00 Å². The number of amides is 1. The van der Waals surface area contributed by atoms with Crippen LogP contribution in [-0.4, -0.2) is 46.4 Å². The number of anilines is 1. The highest BCUT2D eigenvalue weighted by molar-refractivity contribution is 7.19. The van der Waals surface area contributed by atoms with Crippen LogP contribution in [0.15, 0.2) is 36.5 Å². The topological polar surface area (TPSA) is 75.9 Å². The van der Waals surface area contributed by atoms with Gasteiger partial charge in [0, 0.05) is 35.4 Å². The van der Waals surface area contributed by atoms with E-state index in [1.807, 2.05) is 47.9 Å². The second-order valence-electron chi connectivity index (χ2n) is 8.03. The fourth-order valence-electron chi connectivity index (χ4n) is 4.11. The first kappa shape index (κ1) is 21.8. The zero-order chi connectivity index (χ0) is 23.1. The van der Waals surface area contributed by atoms with Gasteiger partial charge in [-0.25, -0.2) is 9.78 Å². The van der Waals surface area contributed by atoms with E-state index in [-0.39, 0.29) is 11.9 Å². The normalized spacial score (nSPS) is 13.8. The summed E-state index contributed by atoms with van der Waals surface area (Å²) in [5, 5.41) is 3.57. The highest BCUT2D eigenvalue weighted by Gasteiger charge is 2.29. The number of aryl methyl sites for hydroxylation is 1. The van der Waals surface area contributed by atoms with Crippen molar-refractivity contribution in [2.75, 3.05) is 25.5 Å². The van der Waals surface area contributed by atoms with Gasteiger partial charge >= 0.3 is 5.97 Å². The van der Waals surface area contributed by atoms with Crippen molar-refractivity contribution in [3.05, 3.63) is 63.1 Å². The Kier molecular flexibility index (Phi) is 5.77. The Hall–Kier alpha value is -3.01. The van der Waals surface area contributed by atoms with Gasteiger partial charge in [-0.15, -0.1) is 11.3 Å². The maximum atomic E-state index is 13.3. The van der Waals surface area contributed by atoms with E-state index in [0.717, 1.165) is 51.9 Å². The lowest BCUT2D eigenvalue weighted by molar-refractivity contribution is 0.0526. The van der Waals surface area contributed by atoms with Crippen LogP contribution in [-0.2, 0) is 17.7 Å². The predicted octanol–water partition coefficient (Wildman–Crippen LogP) is 4.85. The molecule has 1 aliphatic heterocycles. The van der Waals surface area contributed by atoms with Gasteiger partial charge in [0.05, 0.1) is 17.9 Å². The largest absolute Gasteiger partial charge is 0.462 e. The molecule has 0 atom stereocenters. The molecule has 1 aromatic carbocycles. The number of nitrogens with one attached hydrogen (secondary N) is 1. The quantitative estimate of drug-likeness (QED) is 0.413. The van der Waals surface area contributed by atoms with Gasteiger partial charge in [0.15, 0.2) is 4.96 Å². The highest BCUT2D eigenvalue weighted by Crippen LogP contribution is 2.38. The Labute approximate surface area is 199 Å². The van der Waals surface area contributed by atoms with Crippen LogP contribution >= 0.6 is 22.7 Å². The van der Waals surface area contributed by atoms with Gasteiger partial charge in [0.1, 0.15) is 9.88 Å². The Balaban J connectivity index is 1.47. The predicted molar refractivity (Wildman–Crippen MR) is 132 cm³/mol. The molecule has 1 amide bonds. The van der Waals surface area contributed by atoms with Crippen molar-refractivity contribution in [1.29, 1.82) is 0 Å². The number of fused-ring (bicyclic) bond motifs is 2. The number of rotatable bonds is 5. The van der Waals surface area contributed by atoms with Gasteiger partial charge in [-0.05, 0) is 32.9 Å². The van der Waals surface area contributed by atoms with Crippen molar-refractivity contribution >= 4 is 44.5 Å². The Morgan fingerprint density at radius 2 is 2.00 bits per heavy atom. The molecule has 3 aromatic heterocycles. The summed E-state index contributed by atoms with van der Waals surface area (Å²) in [5.41, 5.74) is 4.23. The number of hydrogen-bond donors (Lipinski definition) is 1. The van der Waals surface area contributed by atoms with Gasteiger partial charge in [0.2, 0.25) is 0 Å². The van der Waals surface area contributed by atoms with Crippen LogP contribution in [0.3, 0.4) is 0 Å². The first-order valence-corrected chi connectivity index (χ1v) is 12.4. The molecular weight excluding hydrogens is 456 g/mol. The minimum Gasteiger partial charge on any atom is -0.462 e. The second kappa shape index (κ2) is 8.74. The number of imidazole rings is 1. The third kappa shape index (κ3) is 3.96. The highest BCUT2D eigenvalue weighted by atomic mass is 32.1. The zero-order valence-electron chi connectivity index (χ0n) is 18.7. The molecule has 0 saturated heterocycles. The molecule has 4 aromatic rings. The molecule has 5 rings (SSSR count). The molecule has 0 spiro atoms. The van der Waals surface area contributed by atoms with Gasteiger partial charge in [-0.2, -0.15) is 0 Å². The van der Waals surface area contributed by atoms with Crippen molar-refractivity contribution < 1.29 is 14.3 Å². The number of nitrogens with zero attached hydrogens (tertiary/aromatic N) is 3. The molecule has 0 saturated carbocycles. The third-order valence-electron chi connectivity index (χ3n) is 5.79. The zero-order valence-corrected chi connectivity index (χ0v) is 20.3. The number of carbonyl (C=O) groups excluding carboxylic acids is 2. The Morgan fingerprint density at radius 3 is 2.73 bits per heavy atom. The molecule has 33 heavy (non-hydrogen) atoms. The minimum atomic E-state index is -0.375. The van der Waals surface area contributed by atoms with E-state index in [9.17, 15) is 9.59 Å². The standard InChI is InChI=1S/C24H24N4O3S2/c1-4-31-23(30)19-16-10-11-27(3)13-18(16)32-22(19)26-21(29)20-14(2)28-12-17(25-24(28)33-20)15-8-6-5-7-9-15/h5-9,12H,4,10-11,13H2,1-3H3,(H,26,29). The van der Waals surface area contributed by atoms with E-state index in [1.54, 1.807) is 6.92 Å². The van der Waals surface area contributed by atoms with E-state index >= 15 is 0 Å². The number of carbonyl (C=O) groups is 2. The summed E-state index contributed by atoms with van der Waals surface area (Å²) in [6, 6.07) is 9.97. The fourth-order valence-corrected chi connectivity index (χ4v) is 6.42. The average molecular weight is 481 g/mol. The molecule has 0 fully saturated rings. The molecule has 0 unspecified atom stereocenters. The number of likely N-dealkylation sites (N-methyl/N-ethyl adjacent to an activating group) is 1. The average Bonchev–Trinajstić information content (AvgIpc) is 3.46. The van der Waals surface area contributed by atoms with Crippen LogP contribution in [0, 0.1) is 6.92 Å². The molecule has 1 N–H and O–H groups in total. The first-order valence-electron chi connectivity index (χ1n) is 10.8. The minimum absolute atomic E-state index is 0.234. The first-order chi connectivity index (χ1) is 16.0. The van der Waals surface area contributed by atoms with Gasteiger partial charge in [-0.1, -0.05) is 41.7 Å². The SMILES string of the molecule is CCOC(=O)c1c(NC(=O)c2sc3nc(-c4ccccc4)cn3c2C)sc2c1CCN(C)C2. The fraction of sp³-hybridized carbons (Fsp3) is 0.292. The maximum absolute atomic E-state index is 13.3. The van der Waals surface area contributed by atoms with Gasteiger partial charge in [-0.3, -0.25) is 9.20 Å². The third-order valence-corrected chi connectivity index (χ3v) is 8.07. The summed E-state index contributed by atoms with van der Waals surface area (Å²) in [6.45, 7) is 5.62. The van der Waals surface area contributed by atoms with Crippen molar-refractivity contribution in [2.45, 2.75) is 26.8 Å². The number of thiazole rings is 1. The summed E-state index contributed by atoms with van der Waals surface area (Å²) in [6.07, 6.45) is 2.72. The summed E-state index contributed by atoms with van der Waals surface area (Å²) >= 11 is 2.81. The summed E-state index contributed by atoms with van der Waals surface area (Å²) < 4.78 is 7.26. The van der Waals surface area contributed by atoms with Gasteiger partial charge in [0.25, 0.3) is 5.91 Å². The van der Waals surface area contributed by atoms with Crippen LogP contribution in [0.25, 0.3) is 16.2 Å².